The Kier molecular flexibility index (Phi) is 7.32. The molecule has 0 heterocycles. The summed E-state index contributed by atoms with van der Waals surface area (Å²) < 4.78 is 16.0. The van der Waals surface area contributed by atoms with Gasteiger partial charge in [-0.25, -0.2) is 0 Å². The van der Waals surface area contributed by atoms with Gasteiger partial charge in [0.15, 0.2) is 17.3 Å². The van der Waals surface area contributed by atoms with Crippen molar-refractivity contribution in [2.24, 2.45) is 5.92 Å². The fraction of sp³-hybridized carbons (Fsp3) is 0.588. The highest BCUT2D eigenvalue weighted by Gasteiger charge is 2.24. The van der Waals surface area contributed by atoms with Crippen LogP contribution in [0, 0.1) is 5.92 Å². The number of carbonyl (C=O) groups excluding carboxylic acids is 1. The van der Waals surface area contributed by atoms with Crippen LogP contribution in [0.4, 0.5) is 0 Å². The molecular formula is C17H28N2O4. The number of ketones is 1. The van der Waals surface area contributed by atoms with Crippen LogP contribution in [0.25, 0.3) is 0 Å². The average Bonchev–Trinajstić information content (AvgIpc) is 2.50. The van der Waals surface area contributed by atoms with Gasteiger partial charge in [0.1, 0.15) is 0 Å². The zero-order valence-electron chi connectivity index (χ0n) is 15.2. The topological polar surface area (TPSA) is 51.2 Å². The first-order chi connectivity index (χ1) is 10.8. The molecule has 0 aliphatic heterocycles. The summed E-state index contributed by atoms with van der Waals surface area (Å²) in [5, 5.41) is 0. The Hall–Kier alpha value is -1.79. The molecule has 0 amide bonds. The maximum Gasteiger partial charge on any atom is 0.203 e. The van der Waals surface area contributed by atoms with E-state index in [0.717, 1.165) is 0 Å². The van der Waals surface area contributed by atoms with Crippen LogP contribution in [-0.2, 0) is 0 Å². The number of hydrogen-bond donors (Lipinski definition) is 0. The monoisotopic (exact) mass is 324 g/mol. The fourth-order valence-corrected chi connectivity index (χ4v) is 2.56. The molecule has 0 aromatic heterocycles. The number of rotatable bonds is 9. The summed E-state index contributed by atoms with van der Waals surface area (Å²) >= 11 is 0. The molecule has 0 aliphatic carbocycles. The molecule has 0 spiro atoms. The molecule has 0 saturated heterocycles. The third-order valence-corrected chi connectivity index (χ3v) is 3.49. The normalized spacial score (nSPS) is 11.2. The molecule has 6 nitrogen and oxygen atoms in total. The number of benzene rings is 1. The van der Waals surface area contributed by atoms with Crippen molar-refractivity contribution in [2.75, 3.05) is 62.6 Å². The van der Waals surface area contributed by atoms with Gasteiger partial charge < -0.3 is 24.0 Å². The summed E-state index contributed by atoms with van der Waals surface area (Å²) in [4.78, 5) is 17.0. The fourth-order valence-electron chi connectivity index (χ4n) is 2.56. The number of Topliss-reactive ketones (excluding diaryl/α,β-unsaturated/α-hetero) is 1. The lowest BCUT2D eigenvalue weighted by Gasteiger charge is -2.24. The summed E-state index contributed by atoms with van der Waals surface area (Å²) in [6.45, 7) is 1.35. The lowest BCUT2D eigenvalue weighted by molar-refractivity contribution is 0.0870. The molecular weight excluding hydrogens is 296 g/mol. The largest absolute Gasteiger partial charge is 0.493 e. The van der Waals surface area contributed by atoms with Gasteiger partial charge in [-0.2, -0.15) is 0 Å². The van der Waals surface area contributed by atoms with E-state index in [1.54, 1.807) is 33.5 Å². The average molecular weight is 324 g/mol. The first kappa shape index (κ1) is 19.3. The van der Waals surface area contributed by atoms with Crippen LogP contribution in [0.2, 0.25) is 0 Å². The van der Waals surface area contributed by atoms with Crippen LogP contribution < -0.4 is 14.2 Å². The van der Waals surface area contributed by atoms with E-state index in [1.807, 2.05) is 38.0 Å². The minimum absolute atomic E-state index is 0.0617. The third-order valence-electron chi connectivity index (χ3n) is 3.49. The predicted octanol–water partition coefficient (Wildman–Crippen LogP) is 1.63. The van der Waals surface area contributed by atoms with Crippen molar-refractivity contribution in [3.63, 3.8) is 0 Å². The molecule has 6 heteroatoms. The number of carbonyl (C=O) groups is 1. The van der Waals surface area contributed by atoms with Gasteiger partial charge in [-0.3, -0.25) is 4.79 Å². The van der Waals surface area contributed by atoms with Crippen LogP contribution in [0.5, 0.6) is 17.2 Å². The molecule has 23 heavy (non-hydrogen) atoms. The van der Waals surface area contributed by atoms with Crippen molar-refractivity contribution >= 4 is 5.78 Å². The van der Waals surface area contributed by atoms with E-state index in [4.69, 9.17) is 14.2 Å². The Bertz CT molecular complexity index is 494. The van der Waals surface area contributed by atoms with Gasteiger partial charge in [-0.15, -0.1) is 0 Å². The summed E-state index contributed by atoms with van der Waals surface area (Å²) in [6.07, 6.45) is 0. The Morgan fingerprint density at radius 3 is 1.65 bits per heavy atom. The van der Waals surface area contributed by atoms with E-state index in [9.17, 15) is 4.79 Å². The zero-order chi connectivity index (χ0) is 17.6. The SMILES string of the molecule is COc1cc(C(=O)C(CN(C)C)CN(C)C)cc(OC)c1OC. The Labute approximate surface area is 138 Å². The van der Waals surface area contributed by atoms with Gasteiger partial charge in [0.05, 0.1) is 21.3 Å². The number of methoxy groups -OCH3 is 3. The van der Waals surface area contributed by atoms with Gasteiger partial charge in [-0.05, 0) is 40.3 Å². The van der Waals surface area contributed by atoms with E-state index in [2.05, 4.69) is 0 Å². The van der Waals surface area contributed by atoms with Crippen molar-refractivity contribution in [3.05, 3.63) is 17.7 Å². The molecule has 0 aliphatic rings. The molecule has 130 valence electrons. The molecule has 0 saturated carbocycles. The second kappa shape index (κ2) is 8.74. The molecule has 0 fully saturated rings. The van der Waals surface area contributed by atoms with E-state index >= 15 is 0 Å². The molecule has 1 aromatic carbocycles. The smallest absolute Gasteiger partial charge is 0.203 e. The van der Waals surface area contributed by atoms with Gasteiger partial charge in [-0.1, -0.05) is 0 Å². The number of hydrogen-bond acceptors (Lipinski definition) is 6. The lowest BCUT2D eigenvalue weighted by atomic mass is 9.96. The highest BCUT2D eigenvalue weighted by Crippen LogP contribution is 2.38. The zero-order valence-corrected chi connectivity index (χ0v) is 15.2. The Morgan fingerprint density at radius 1 is 0.913 bits per heavy atom. The van der Waals surface area contributed by atoms with Crippen molar-refractivity contribution in [1.82, 2.24) is 9.80 Å². The van der Waals surface area contributed by atoms with E-state index < -0.39 is 0 Å². The highest BCUT2D eigenvalue weighted by atomic mass is 16.5. The van der Waals surface area contributed by atoms with Gasteiger partial charge in [0, 0.05) is 24.6 Å². The first-order valence-corrected chi connectivity index (χ1v) is 7.47. The molecule has 0 unspecified atom stereocenters. The molecule has 0 atom stereocenters. The second-order valence-corrected chi connectivity index (χ2v) is 6.00. The van der Waals surface area contributed by atoms with Crippen molar-refractivity contribution in [2.45, 2.75) is 0 Å². The molecule has 0 bridgehead atoms. The van der Waals surface area contributed by atoms with E-state index in [0.29, 0.717) is 35.9 Å². The van der Waals surface area contributed by atoms with Crippen LogP contribution in [0.1, 0.15) is 10.4 Å². The summed E-state index contributed by atoms with van der Waals surface area (Å²) in [6, 6.07) is 3.42. The molecule has 0 N–H and O–H groups in total. The van der Waals surface area contributed by atoms with Crippen LogP contribution in [0.15, 0.2) is 12.1 Å². The van der Waals surface area contributed by atoms with Gasteiger partial charge in [0.2, 0.25) is 5.75 Å². The Balaban J connectivity index is 3.22. The third kappa shape index (κ3) is 5.11. The number of nitrogens with zero attached hydrogens (tertiary/aromatic N) is 2. The van der Waals surface area contributed by atoms with Crippen molar-refractivity contribution < 1.29 is 19.0 Å². The minimum atomic E-state index is -0.136. The molecule has 1 aromatic rings. The molecule has 0 radical (unpaired) electrons. The minimum Gasteiger partial charge on any atom is -0.493 e. The lowest BCUT2D eigenvalue weighted by Crippen LogP contribution is -2.35. The standard InChI is InChI=1S/C17H28N2O4/c1-18(2)10-13(11-19(3)4)16(20)12-8-14(21-5)17(23-7)15(9-12)22-6/h8-9,13H,10-11H2,1-7H3. The quantitative estimate of drug-likeness (QED) is 0.644. The highest BCUT2D eigenvalue weighted by molar-refractivity contribution is 5.99. The maximum absolute atomic E-state index is 12.9. The first-order valence-electron chi connectivity index (χ1n) is 7.47. The summed E-state index contributed by atoms with van der Waals surface area (Å²) in [5.41, 5.74) is 0.563. The predicted molar refractivity (Wildman–Crippen MR) is 91.0 cm³/mol. The number of ether oxygens (including phenoxy) is 3. The van der Waals surface area contributed by atoms with E-state index in [1.165, 1.54) is 0 Å². The summed E-state index contributed by atoms with van der Waals surface area (Å²) in [7, 11) is 12.5. The van der Waals surface area contributed by atoms with Crippen LogP contribution in [0.3, 0.4) is 0 Å². The van der Waals surface area contributed by atoms with Gasteiger partial charge >= 0.3 is 0 Å². The molecule has 1 rings (SSSR count). The Morgan fingerprint density at radius 2 is 1.35 bits per heavy atom. The maximum atomic E-state index is 12.9. The van der Waals surface area contributed by atoms with Crippen molar-refractivity contribution in [1.29, 1.82) is 0 Å². The van der Waals surface area contributed by atoms with Gasteiger partial charge in [0.25, 0.3) is 0 Å². The van der Waals surface area contributed by atoms with Crippen LogP contribution >= 0.6 is 0 Å². The van der Waals surface area contributed by atoms with E-state index in [-0.39, 0.29) is 11.7 Å². The summed E-state index contributed by atoms with van der Waals surface area (Å²) in [5.74, 6) is 1.39. The second-order valence-electron chi connectivity index (χ2n) is 6.00. The van der Waals surface area contributed by atoms with Crippen molar-refractivity contribution in [3.8, 4) is 17.2 Å². The van der Waals surface area contributed by atoms with Crippen LogP contribution in [-0.4, -0.2) is 78.2 Å².